The van der Waals surface area contributed by atoms with Crippen LogP contribution in [0.1, 0.15) is 46.2 Å². The second kappa shape index (κ2) is 6.74. The maximum absolute atomic E-state index is 12.3. The monoisotopic (exact) mass is 351 g/mol. The van der Waals surface area contributed by atoms with Gasteiger partial charge in [0.05, 0.1) is 35.3 Å². The van der Waals surface area contributed by atoms with Crippen LogP contribution < -0.4 is 5.32 Å². The van der Waals surface area contributed by atoms with Crippen molar-refractivity contribution in [3.63, 3.8) is 0 Å². The number of nitrogens with zero attached hydrogens (tertiary/aromatic N) is 4. The van der Waals surface area contributed by atoms with Crippen LogP contribution in [0.25, 0.3) is 11.3 Å². The van der Waals surface area contributed by atoms with Gasteiger partial charge in [-0.1, -0.05) is 5.16 Å². The zero-order chi connectivity index (χ0) is 18.1. The molecule has 0 bridgehead atoms. The van der Waals surface area contributed by atoms with Crippen LogP contribution in [0.15, 0.2) is 35.1 Å². The van der Waals surface area contributed by atoms with Gasteiger partial charge < -0.3 is 9.84 Å². The van der Waals surface area contributed by atoms with Gasteiger partial charge in [-0.3, -0.25) is 14.5 Å². The van der Waals surface area contributed by atoms with Crippen LogP contribution in [0.4, 0.5) is 0 Å². The number of nitrogens with one attached hydrogen (secondary N) is 1. The normalized spacial score (nSPS) is 13.8. The van der Waals surface area contributed by atoms with Crippen LogP contribution in [0.2, 0.25) is 0 Å². The minimum Gasteiger partial charge on any atom is -0.356 e. The third-order valence-corrected chi connectivity index (χ3v) is 4.60. The van der Waals surface area contributed by atoms with Crippen LogP contribution in [-0.4, -0.2) is 32.4 Å². The summed E-state index contributed by atoms with van der Waals surface area (Å²) in [4.78, 5) is 16.5. The van der Waals surface area contributed by atoms with E-state index in [1.165, 1.54) is 5.69 Å². The fraction of sp³-hybridized carbons (Fsp3) is 0.368. The predicted molar refractivity (Wildman–Crippen MR) is 95.7 cm³/mol. The van der Waals surface area contributed by atoms with Gasteiger partial charge >= 0.3 is 0 Å². The molecule has 7 nitrogen and oxygen atoms in total. The first-order chi connectivity index (χ1) is 12.6. The van der Waals surface area contributed by atoms with Crippen molar-refractivity contribution in [2.24, 2.45) is 0 Å². The number of rotatable bonds is 6. The molecule has 134 valence electrons. The Labute approximate surface area is 151 Å². The Kier molecular flexibility index (Phi) is 4.28. The molecule has 1 aliphatic rings. The third kappa shape index (κ3) is 3.24. The maximum Gasteiger partial charge on any atom is 0.253 e. The molecule has 0 unspecified atom stereocenters. The zero-order valence-corrected chi connectivity index (χ0v) is 14.9. The van der Waals surface area contributed by atoms with E-state index in [1.807, 2.05) is 30.8 Å². The second-order valence-electron chi connectivity index (χ2n) is 6.67. The van der Waals surface area contributed by atoms with Gasteiger partial charge in [0.15, 0.2) is 5.76 Å². The van der Waals surface area contributed by atoms with E-state index in [2.05, 4.69) is 20.6 Å². The van der Waals surface area contributed by atoms with Crippen molar-refractivity contribution < 1.29 is 9.32 Å². The Hall–Kier alpha value is -2.96. The van der Waals surface area contributed by atoms with E-state index in [-0.39, 0.29) is 5.91 Å². The molecule has 1 N–H and O–H groups in total. The molecule has 1 saturated carbocycles. The SMILES string of the molecule is Cc1cc(-c2cnn(CCNC(=O)c3cccnc3C)c2C2CC2)on1. The number of hydrogen-bond donors (Lipinski definition) is 1. The lowest BCUT2D eigenvalue weighted by atomic mass is 10.1. The first-order valence-corrected chi connectivity index (χ1v) is 8.82. The van der Waals surface area contributed by atoms with E-state index in [1.54, 1.807) is 18.3 Å². The van der Waals surface area contributed by atoms with Gasteiger partial charge in [-0.2, -0.15) is 5.10 Å². The summed E-state index contributed by atoms with van der Waals surface area (Å²) in [5.74, 6) is 1.15. The average Bonchev–Trinajstić information content (AvgIpc) is 3.24. The molecule has 1 amide bonds. The predicted octanol–water partition coefficient (Wildman–Crippen LogP) is 2.86. The van der Waals surface area contributed by atoms with Crippen LogP contribution in [0.5, 0.6) is 0 Å². The van der Waals surface area contributed by atoms with Crippen LogP contribution in [0.3, 0.4) is 0 Å². The molecule has 4 rings (SSSR count). The third-order valence-electron chi connectivity index (χ3n) is 4.60. The highest BCUT2D eigenvalue weighted by Gasteiger charge is 2.31. The van der Waals surface area contributed by atoms with Gasteiger partial charge in [-0.05, 0) is 38.8 Å². The number of carbonyl (C=O) groups is 1. The van der Waals surface area contributed by atoms with Crippen molar-refractivity contribution in [1.82, 2.24) is 25.2 Å². The van der Waals surface area contributed by atoms with Crippen LogP contribution >= 0.6 is 0 Å². The van der Waals surface area contributed by atoms with E-state index < -0.39 is 0 Å². The molecule has 0 saturated heterocycles. The number of amides is 1. The van der Waals surface area contributed by atoms with E-state index >= 15 is 0 Å². The molecule has 0 atom stereocenters. The van der Waals surface area contributed by atoms with E-state index in [0.717, 1.165) is 35.6 Å². The Morgan fingerprint density at radius 3 is 2.92 bits per heavy atom. The van der Waals surface area contributed by atoms with Gasteiger partial charge in [0.1, 0.15) is 0 Å². The summed E-state index contributed by atoms with van der Waals surface area (Å²) >= 11 is 0. The van der Waals surface area contributed by atoms with E-state index in [0.29, 0.717) is 24.6 Å². The van der Waals surface area contributed by atoms with Crippen molar-refractivity contribution in [3.8, 4) is 11.3 Å². The Bertz CT molecular complexity index is 939. The molecule has 0 spiro atoms. The van der Waals surface area contributed by atoms with Gasteiger partial charge in [0.25, 0.3) is 5.91 Å². The molecular weight excluding hydrogens is 330 g/mol. The highest BCUT2D eigenvalue weighted by Crippen LogP contribution is 2.44. The summed E-state index contributed by atoms with van der Waals surface area (Å²) in [7, 11) is 0. The Morgan fingerprint density at radius 1 is 1.38 bits per heavy atom. The van der Waals surface area contributed by atoms with Crippen LogP contribution in [0, 0.1) is 13.8 Å². The Balaban J connectivity index is 1.46. The number of aryl methyl sites for hydroxylation is 2. The van der Waals surface area contributed by atoms with Crippen molar-refractivity contribution in [1.29, 1.82) is 0 Å². The quantitative estimate of drug-likeness (QED) is 0.738. The maximum atomic E-state index is 12.3. The van der Waals surface area contributed by atoms with E-state index in [4.69, 9.17) is 4.52 Å². The number of carbonyl (C=O) groups excluding carboxylic acids is 1. The topological polar surface area (TPSA) is 85.8 Å². The van der Waals surface area contributed by atoms with Crippen molar-refractivity contribution >= 4 is 5.91 Å². The summed E-state index contributed by atoms with van der Waals surface area (Å²) in [5, 5.41) is 11.4. The molecule has 1 aliphatic carbocycles. The lowest BCUT2D eigenvalue weighted by Gasteiger charge is -2.10. The number of hydrogen-bond acceptors (Lipinski definition) is 5. The first kappa shape index (κ1) is 16.5. The van der Waals surface area contributed by atoms with Crippen molar-refractivity contribution in [3.05, 3.63) is 53.2 Å². The highest BCUT2D eigenvalue weighted by molar-refractivity contribution is 5.95. The second-order valence-corrected chi connectivity index (χ2v) is 6.67. The zero-order valence-electron chi connectivity index (χ0n) is 14.9. The van der Waals surface area contributed by atoms with Crippen LogP contribution in [-0.2, 0) is 6.54 Å². The molecule has 1 fully saturated rings. The number of aromatic nitrogens is 4. The molecule has 3 aromatic heterocycles. The van der Waals surface area contributed by atoms with Gasteiger partial charge in [-0.25, -0.2) is 0 Å². The van der Waals surface area contributed by atoms with E-state index in [9.17, 15) is 4.79 Å². The fourth-order valence-electron chi connectivity index (χ4n) is 3.14. The summed E-state index contributed by atoms with van der Waals surface area (Å²) in [6.07, 6.45) is 5.84. The molecule has 0 aromatic carbocycles. The first-order valence-electron chi connectivity index (χ1n) is 8.82. The summed E-state index contributed by atoms with van der Waals surface area (Å²) in [6, 6.07) is 5.48. The lowest BCUT2D eigenvalue weighted by molar-refractivity contribution is 0.0951. The Morgan fingerprint density at radius 2 is 2.23 bits per heavy atom. The van der Waals surface area contributed by atoms with Crippen molar-refractivity contribution in [2.75, 3.05) is 6.54 Å². The van der Waals surface area contributed by atoms with Gasteiger partial charge in [0, 0.05) is 30.4 Å². The largest absolute Gasteiger partial charge is 0.356 e. The van der Waals surface area contributed by atoms with Crippen molar-refractivity contribution in [2.45, 2.75) is 39.2 Å². The lowest BCUT2D eigenvalue weighted by Crippen LogP contribution is -2.28. The molecular formula is C19H21N5O2. The highest BCUT2D eigenvalue weighted by atomic mass is 16.5. The standard InChI is InChI=1S/C19H21N5O2/c1-12-10-17(26-23-12)16-11-22-24(18(16)14-5-6-14)9-8-21-19(25)15-4-3-7-20-13(15)2/h3-4,7,10-11,14H,5-6,8-9H2,1-2H3,(H,21,25). The summed E-state index contributed by atoms with van der Waals surface area (Å²) in [5.41, 5.74) is 4.36. The minimum atomic E-state index is -0.109. The fourth-order valence-corrected chi connectivity index (χ4v) is 3.14. The molecule has 26 heavy (non-hydrogen) atoms. The molecule has 7 heteroatoms. The van der Waals surface area contributed by atoms with Gasteiger partial charge in [-0.15, -0.1) is 0 Å². The average molecular weight is 351 g/mol. The van der Waals surface area contributed by atoms with Gasteiger partial charge in [0.2, 0.25) is 0 Å². The molecule has 3 heterocycles. The molecule has 0 radical (unpaired) electrons. The minimum absolute atomic E-state index is 0.109. The smallest absolute Gasteiger partial charge is 0.253 e. The number of pyridine rings is 1. The summed E-state index contributed by atoms with van der Waals surface area (Å²) in [6.45, 7) is 4.86. The summed E-state index contributed by atoms with van der Waals surface area (Å²) < 4.78 is 7.39. The molecule has 3 aromatic rings. The molecule has 0 aliphatic heterocycles.